The molecule has 6 heterocycles. The van der Waals surface area contributed by atoms with Gasteiger partial charge in [0, 0.05) is 56.6 Å². The van der Waals surface area contributed by atoms with Crippen molar-refractivity contribution in [1.82, 2.24) is 34.6 Å². The van der Waals surface area contributed by atoms with Gasteiger partial charge in [0.05, 0.1) is 41.7 Å². The van der Waals surface area contributed by atoms with Gasteiger partial charge in [0.25, 0.3) is 5.91 Å². The Kier molecular flexibility index (Phi) is 7.65. The van der Waals surface area contributed by atoms with Gasteiger partial charge in [0.15, 0.2) is 5.82 Å². The Labute approximate surface area is 251 Å². The molecule has 1 saturated heterocycles. The summed E-state index contributed by atoms with van der Waals surface area (Å²) in [7, 11) is 2.06. The number of nitrogens with one attached hydrogen (secondary N) is 2. The normalized spacial score (nSPS) is 22.1. The van der Waals surface area contributed by atoms with Gasteiger partial charge in [-0.3, -0.25) is 9.59 Å². The number of aromatic nitrogens is 4. The molecule has 226 valence electrons. The van der Waals surface area contributed by atoms with E-state index in [1.165, 1.54) is 0 Å². The smallest absolute Gasteiger partial charge is 0.254 e. The molecule has 2 bridgehead atoms. The number of hydrogen-bond acceptors (Lipinski definition) is 6. The Morgan fingerprint density at radius 1 is 1.00 bits per heavy atom. The summed E-state index contributed by atoms with van der Waals surface area (Å²) in [6, 6.07) is 10.5. The third kappa shape index (κ3) is 5.42. The number of nitrogens with zero attached hydrogens (tertiary/aromatic N) is 5. The van der Waals surface area contributed by atoms with Crippen LogP contribution in [0.1, 0.15) is 73.1 Å². The third-order valence-corrected chi connectivity index (χ3v) is 9.32. The fourth-order valence-corrected chi connectivity index (χ4v) is 6.89. The minimum absolute atomic E-state index is 0.0722. The molecule has 1 aromatic carbocycles. The van der Waals surface area contributed by atoms with Crippen LogP contribution in [0.15, 0.2) is 30.3 Å². The quantitative estimate of drug-likeness (QED) is 0.376. The maximum atomic E-state index is 13.6. The van der Waals surface area contributed by atoms with E-state index in [1.807, 2.05) is 24.0 Å². The van der Waals surface area contributed by atoms with Crippen molar-refractivity contribution in [2.75, 3.05) is 32.8 Å². The maximum absolute atomic E-state index is 13.6. The number of ether oxygens (including phenoxy) is 1. The summed E-state index contributed by atoms with van der Waals surface area (Å²) < 4.78 is 10.1. The third-order valence-electron chi connectivity index (χ3n) is 9.32. The van der Waals surface area contributed by atoms with Gasteiger partial charge in [-0.05, 0) is 62.1 Å². The largest absolute Gasteiger partial charge is 0.378 e. The average molecular weight is 584 g/mol. The second kappa shape index (κ2) is 11.7. The van der Waals surface area contributed by atoms with E-state index in [0.29, 0.717) is 26.1 Å². The van der Waals surface area contributed by atoms with Crippen molar-refractivity contribution in [3.8, 4) is 11.5 Å². The van der Waals surface area contributed by atoms with Crippen LogP contribution in [0.2, 0.25) is 0 Å². The summed E-state index contributed by atoms with van der Waals surface area (Å²) in [6.07, 6.45) is 6.63. The summed E-state index contributed by atoms with van der Waals surface area (Å²) in [5.74, 6) is 1.03. The topological polar surface area (TPSA) is 106 Å². The molecule has 43 heavy (non-hydrogen) atoms. The molecule has 1 fully saturated rings. The lowest BCUT2D eigenvalue weighted by atomic mass is 9.97. The van der Waals surface area contributed by atoms with Gasteiger partial charge in [-0.2, -0.15) is 0 Å². The minimum atomic E-state index is -0.160. The van der Waals surface area contributed by atoms with Crippen LogP contribution in [0.25, 0.3) is 33.6 Å². The molecule has 10 nitrogen and oxygen atoms in total. The Morgan fingerprint density at radius 3 is 2.72 bits per heavy atom. The Morgan fingerprint density at radius 2 is 1.86 bits per heavy atom. The summed E-state index contributed by atoms with van der Waals surface area (Å²) in [5, 5.41) is 7.65. The molecule has 2 atom stereocenters. The fourth-order valence-electron chi connectivity index (χ4n) is 6.89. The zero-order valence-electron chi connectivity index (χ0n) is 25.2. The van der Waals surface area contributed by atoms with E-state index in [0.717, 1.165) is 109 Å². The second-order valence-electron chi connectivity index (χ2n) is 12.4. The summed E-state index contributed by atoms with van der Waals surface area (Å²) in [5.41, 5.74) is 6.50. The minimum Gasteiger partial charge on any atom is -0.378 e. The van der Waals surface area contributed by atoms with Crippen molar-refractivity contribution < 1.29 is 14.3 Å². The van der Waals surface area contributed by atoms with Crippen molar-refractivity contribution in [3.63, 3.8) is 0 Å². The predicted octanol–water partition coefficient (Wildman–Crippen LogP) is 4.11. The molecule has 2 N–H and O–H groups in total. The molecular weight excluding hydrogens is 542 g/mol. The van der Waals surface area contributed by atoms with Gasteiger partial charge in [0.2, 0.25) is 5.91 Å². The molecule has 0 saturated carbocycles. The molecule has 0 spiro atoms. The highest BCUT2D eigenvalue weighted by atomic mass is 16.5. The maximum Gasteiger partial charge on any atom is 0.254 e. The molecule has 0 radical (unpaired) electrons. The first-order chi connectivity index (χ1) is 21.0. The number of hydrogen-bond donors (Lipinski definition) is 2. The number of imidazole rings is 1. The Balaban J connectivity index is 1.25. The molecule has 3 aliphatic heterocycles. The fraction of sp³-hybridized carbons (Fsp3) is 0.515. The van der Waals surface area contributed by atoms with Gasteiger partial charge in [0.1, 0.15) is 5.65 Å². The van der Waals surface area contributed by atoms with Gasteiger partial charge >= 0.3 is 0 Å². The van der Waals surface area contributed by atoms with Crippen LogP contribution >= 0.6 is 0 Å². The highest BCUT2D eigenvalue weighted by Crippen LogP contribution is 2.33. The number of amides is 2. The lowest BCUT2D eigenvalue weighted by Gasteiger charge is -2.33. The number of rotatable bonds is 3. The number of pyridine rings is 1. The van der Waals surface area contributed by atoms with E-state index in [9.17, 15) is 9.59 Å². The SMILES string of the molecule is C[C@H]1NC(=O)CCCCCCCn2c(-c3nc4cc5c(cc4n3C)CCN(C[C@H]3COCCN3)C5=O)cc3ccc1nc32. The molecule has 2 amide bonds. The zero-order valence-corrected chi connectivity index (χ0v) is 25.2. The zero-order chi connectivity index (χ0) is 29.5. The number of aryl methyl sites for hydroxylation is 2. The van der Waals surface area contributed by atoms with Crippen LogP contribution in [0.5, 0.6) is 0 Å². The van der Waals surface area contributed by atoms with Gasteiger partial charge < -0.3 is 29.4 Å². The number of morpholine rings is 1. The van der Waals surface area contributed by atoms with Gasteiger partial charge in [-0.15, -0.1) is 0 Å². The van der Waals surface area contributed by atoms with E-state index >= 15 is 0 Å². The van der Waals surface area contributed by atoms with E-state index in [2.05, 4.69) is 45.0 Å². The summed E-state index contributed by atoms with van der Waals surface area (Å²) in [4.78, 5) is 38.2. The number of carbonyl (C=O) groups is 2. The first-order valence-corrected chi connectivity index (χ1v) is 15.9. The average Bonchev–Trinajstić information content (AvgIpc) is 3.53. The van der Waals surface area contributed by atoms with E-state index in [-0.39, 0.29) is 23.9 Å². The first-order valence-electron chi connectivity index (χ1n) is 15.9. The number of fused-ring (bicyclic) bond motifs is 3. The molecular formula is C33H41N7O3. The second-order valence-corrected chi connectivity index (χ2v) is 12.4. The van der Waals surface area contributed by atoms with Crippen molar-refractivity contribution in [2.24, 2.45) is 7.05 Å². The van der Waals surface area contributed by atoms with E-state index in [4.69, 9.17) is 14.7 Å². The molecule has 10 heteroatoms. The molecule has 0 unspecified atom stereocenters. The monoisotopic (exact) mass is 583 g/mol. The number of carbonyl (C=O) groups excluding carboxylic acids is 2. The Hall–Kier alpha value is -3.76. The van der Waals surface area contributed by atoms with Crippen LogP contribution in [-0.4, -0.2) is 74.7 Å². The van der Waals surface area contributed by atoms with Crippen LogP contribution in [-0.2, 0) is 29.5 Å². The van der Waals surface area contributed by atoms with Gasteiger partial charge in [-0.1, -0.05) is 19.3 Å². The standard InChI is InChI=1S/C33H41N7O3/c1-21-26-10-9-23-17-29(40(31(23)36-26)13-7-5-3-4-6-8-30(41)35-21)32-37-27-18-25-22(16-28(27)38(32)2)11-14-39(33(25)42)19-24-20-43-15-12-34-24/h9-10,16-18,21,24,34H,3-8,11-15,19-20H2,1-2H3,(H,35,41)/t21-,24+/m1/s1. The molecule has 0 aliphatic carbocycles. The lowest BCUT2D eigenvalue weighted by Crippen LogP contribution is -2.51. The van der Waals surface area contributed by atoms with Crippen molar-refractivity contribution in [2.45, 2.75) is 70.5 Å². The van der Waals surface area contributed by atoms with Crippen LogP contribution in [0.4, 0.5) is 0 Å². The summed E-state index contributed by atoms with van der Waals surface area (Å²) >= 11 is 0. The summed E-state index contributed by atoms with van der Waals surface area (Å²) in [6.45, 7) is 6.40. The van der Waals surface area contributed by atoms with E-state index < -0.39 is 0 Å². The van der Waals surface area contributed by atoms with E-state index in [1.54, 1.807) is 0 Å². The lowest BCUT2D eigenvalue weighted by molar-refractivity contribution is -0.121. The van der Waals surface area contributed by atoms with Crippen LogP contribution in [0.3, 0.4) is 0 Å². The highest BCUT2D eigenvalue weighted by Gasteiger charge is 2.29. The Bertz CT molecular complexity index is 1680. The molecule has 7 rings (SSSR count). The molecule has 3 aromatic heterocycles. The van der Waals surface area contributed by atoms with Crippen molar-refractivity contribution in [3.05, 3.63) is 47.2 Å². The van der Waals surface area contributed by atoms with Crippen LogP contribution in [0, 0.1) is 0 Å². The van der Waals surface area contributed by atoms with Crippen molar-refractivity contribution >= 4 is 33.9 Å². The molecule has 3 aliphatic rings. The number of benzene rings is 1. The highest BCUT2D eigenvalue weighted by molar-refractivity contribution is 6.00. The predicted molar refractivity (Wildman–Crippen MR) is 166 cm³/mol. The molecule has 4 aromatic rings. The first kappa shape index (κ1) is 28.0. The van der Waals surface area contributed by atoms with Crippen molar-refractivity contribution in [1.29, 1.82) is 0 Å². The van der Waals surface area contributed by atoms with Gasteiger partial charge in [-0.25, -0.2) is 9.97 Å². The van der Waals surface area contributed by atoms with Crippen LogP contribution < -0.4 is 10.6 Å².